The van der Waals surface area contributed by atoms with E-state index in [1.807, 2.05) is 24.3 Å². The maximum Gasteiger partial charge on any atom is 0.252 e. The first kappa shape index (κ1) is 16.8. The minimum absolute atomic E-state index is 0.0745. The van der Waals surface area contributed by atoms with E-state index in [1.54, 1.807) is 19.5 Å². The number of aliphatic hydroxyl groups is 1. The summed E-state index contributed by atoms with van der Waals surface area (Å²) in [6.07, 6.45) is 4.55. The van der Waals surface area contributed by atoms with Gasteiger partial charge in [0.2, 0.25) is 0 Å². The van der Waals surface area contributed by atoms with Gasteiger partial charge in [-0.1, -0.05) is 0 Å². The SMILES string of the molecule is COc1ccc2[nH]c(=O)c(CN3CCC(O)(c4ncc[nH]4)CC3)cc2c1. The molecular weight excluding hydrogens is 332 g/mol. The number of hydrogen-bond donors (Lipinski definition) is 3. The molecule has 4 rings (SSSR count). The van der Waals surface area contributed by atoms with E-state index < -0.39 is 5.60 Å². The lowest BCUT2D eigenvalue weighted by Crippen LogP contribution is -2.43. The number of hydrogen-bond acceptors (Lipinski definition) is 5. The minimum atomic E-state index is -0.914. The third kappa shape index (κ3) is 3.11. The number of piperidine rings is 1. The molecule has 0 amide bonds. The third-order valence-corrected chi connectivity index (χ3v) is 5.14. The van der Waals surface area contributed by atoms with Crippen LogP contribution in [0.15, 0.2) is 41.5 Å². The van der Waals surface area contributed by atoms with Crippen molar-refractivity contribution in [2.45, 2.75) is 25.0 Å². The van der Waals surface area contributed by atoms with Crippen molar-refractivity contribution >= 4 is 10.9 Å². The second-order valence-corrected chi connectivity index (χ2v) is 6.82. The number of nitrogens with zero attached hydrogens (tertiary/aromatic N) is 2. The topological polar surface area (TPSA) is 94.2 Å². The highest BCUT2D eigenvalue weighted by Crippen LogP contribution is 2.31. The van der Waals surface area contributed by atoms with Crippen LogP contribution in [0.1, 0.15) is 24.2 Å². The van der Waals surface area contributed by atoms with Crippen LogP contribution in [0.2, 0.25) is 0 Å². The van der Waals surface area contributed by atoms with Gasteiger partial charge in [-0.15, -0.1) is 0 Å². The van der Waals surface area contributed by atoms with E-state index in [-0.39, 0.29) is 5.56 Å². The van der Waals surface area contributed by atoms with Crippen LogP contribution in [0.25, 0.3) is 10.9 Å². The summed E-state index contributed by atoms with van der Waals surface area (Å²) >= 11 is 0. The van der Waals surface area contributed by atoms with Gasteiger partial charge in [-0.25, -0.2) is 4.98 Å². The fraction of sp³-hybridized carbons (Fsp3) is 0.368. The lowest BCUT2D eigenvalue weighted by Gasteiger charge is -2.36. The van der Waals surface area contributed by atoms with Crippen molar-refractivity contribution in [1.82, 2.24) is 19.9 Å². The molecule has 7 heteroatoms. The van der Waals surface area contributed by atoms with Crippen LogP contribution in [-0.2, 0) is 12.1 Å². The summed E-state index contributed by atoms with van der Waals surface area (Å²) in [5.41, 5.74) is 0.525. The third-order valence-electron chi connectivity index (χ3n) is 5.14. The first-order valence-electron chi connectivity index (χ1n) is 8.72. The molecule has 1 aromatic carbocycles. The molecule has 136 valence electrons. The number of pyridine rings is 1. The number of benzene rings is 1. The number of fused-ring (bicyclic) bond motifs is 1. The van der Waals surface area contributed by atoms with E-state index >= 15 is 0 Å². The van der Waals surface area contributed by atoms with Gasteiger partial charge in [0.15, 0.2) is 0 Å². The Balaban J connectivity index is 1.51. The number of ether oxygens (including phenoxy) is 1. The van der Waals surface area contributed by atoms with Crippen molar-refractivity contribution in [2.24, 2.45) is 0 Å². The second-order valence-electron chi connectivity index (χ2n) is 6.82. The average Bonchev–Trinajstić information content (AvgIpc) is 3.19. The summed E-state index contributed by atoms with van der Waals surface area (Å²) in [6, 6.07) is 7.52. The molecule has 7 nitrogen and oxygen atoms in total. The van der Waals surface area contributed by atoms with Crippen molar-refractivity contribution in [1.29, 1.82) is 0 Å². The molecule has 0 bridgehead atoms. The van der Waals surface area contributed by atoms with Gasteiger partial charge in [0.05, 0.1) is 7.11 Å². The van der Waals surface area contributed by atoms with Crippen molar-refractivity contribution < 1.29 is 9.84 Å². The lowest BCUT2D eigenvalue weighted by atomic mass is 9.90. The molecule has 3 heterocycles. The molecule has 1 aliphatic rings. The molecule has 0 saturated carbocycles. The van der Waals surface area contributed by atoms with Crippen molar-refractivity contribution in [2.75, 3.05) is 20.2 Å². The molecule has 3 aromatic rings. The van der Waals surface area contributed by atoms with Crippen LogP contribution in [-0.4, -0.2) is 45.2 Å². The monoisotopic (exact) mass is 354 g/mol. The van der Waals surface area contributed by atoms with E-state index in [4.69, 9.17) is 4.74 Å². The quantitative estimate of drug-likeness (QED) is 0.663. The predicted octanol–water partition coefficient (Wildman–Crippen LogP) is 1.74. The van der Waals surface area contributed by atoms with E-state index in [0.29, 0.717) is 43.9 Å². The standard InChI is InChI=1S/C19H22N4O3/c1-26-15-2-3-16-13(11-15)10-14(17(24)22-16)12-23-8-4-19(25,5-9-23)18-20-6-7-21-18/h2-3,6-7,10-11,25H,4-5,8-9,12H2,1H3,(H,20,21)(H,22,24). The van der Waals surface area contributed by atoms with Gasteiger partial charge in [0.25, 0.3) is 5.56 Å². The van der Waals surface area contributed by atoms with Crippen LogP contribution < -0.4 is 10.3 Å². The maximum atomic E-state index is 12.4. The molecule has 0 atom stereocenters. The van der Waals surface area contributed by atoms with Crippen molar-refractivity contribution in [3.05, 3.63) is 58.4 Å². The normalized spacial score (nSPS) is 17.5. The van der Waals surface area contributed by atoms with Crippen LogP contribution in [0.4, 0.5) is 0 Å². The summed E-state index contributed by atoms with van der Waals surface area (Å²) in [6.45, 7) is 1.95. The van der Waals surface area contributed by atoms with Crippen LogP contribution in [0.5, 0.6) is 5.75 Å². The van der Waals surface area contributed by atoms with Gasteiger partial charge in [0, 0.05) is 48.5 Å². The molecule has 2 aromatic heterocycles. The zero-order chi connectivity index (χ0) is 18.1. The van der Waals surface area contributed by atoms with Crippen LogP contribution in [0.3, 0.4) is 0 Å². The largest absolute Gasteiger partial charge is 0.497 e. The van der Waals surface area contributed by atoms with Crippen molar-refractivity contribution in [3.63, 3.8) is 0 Å². The first-order valence-corrected chi connectivity index (χ1v) is 8.72. The molecule has 1 saturated heterocycles. The summed E-state index contributed by atoms with van der Waals surface area (Å²) in [5.74, 6) is 1.38. The summed E-state index contributed by atoms with van der Waals surface area (Å²) in [4.78, 5) is 24.7. The highest BCUT2D eigenvalue weighted by atomic mass is 16.5. The second kappa shape index (κ2) is 6.59. The minimum Gasteiger partial charge on any atom is -0.497 e. The molecule has 1 aliphatic heterocycles. The van der Waals surface area contributed by atoms with Gasteiger partial charge in [-0.05, 0) is 37.1 Å². The number of imidazole rings is 1. The molecule has 26 heavy (non-hydrogen) atoms. The Bertz CT molecular complexity index is 957. The Labute approximate surface area is 150 Å². The van der Waals surface area contributed by atoms with E-state index in [0.717, 1.165) is 16.7 Å². The van der Waals surface area contributed by atoms with Gasteiger partial charge >= 0.3 is 0 Å². The molecular formula is C19H22N4O3. The number of nitrogens with one attached hydrogen (secondary N) is 2. The Morgan fingerprint density at radius 3 is 2.81 bits per heavy atom. The molecule has 0 aliphatic carbocycles. The zero-order valence-electron chi connectivity index (χ0n) is 14.7. The average molecular weight is 354 g/mol. The number of likely N-dealkylation sites (tertiary alicyclic amines) is 1. The summed E-state index contributed by atoms with van der Waals surface area (Å²) in [5, 5.41) is 11.7. The Hall–Kier alpha value is -2.64. The van der Waals surface area contributed by atoms with Crippen LogP contribution >= 0.6 is 0 Å². The predicted molar refractivity (Wildman–Crippen MR) is 98.1 cm³/mol. The number of aromatic nitrogens is 3. The first-order chi connectivity index (χ1) is 12.6. The van der Waals surface area contributed by atoms with Gasteiger partial charge < -0.3 is 19.8 Å². The molecule has 0 unspecified atom stereocenters. The Morgan fingerprint density at radius 2 is 2.12 bits per heavy atom. The van der Waals surface area contributed by atoms with Gasteiger partial charge in [-0.2, -0.15) is 0 Å². The molecule has 0 radical (unpaired) electrons. The van der Waals surface area contributed by atoms with Crippen LogP contribution in [0, 0.1) is 0 Å². The summed E-state index contributed by atoms with van der Waals surface area (Å²) in [7, 11) is 1.63. The maximum absolute atomic E-state index is 12.4. The lowest BCUT2D eigenvalue weighted by molar-refractivity contribution is -0.0341. The van der Waals surface area contributed by atoms with Gasteiger partial charge in [-0.3, -0.25) is 9.69 Å². The zero-order valence-corrected chi connectivity index (χ0v) is 14.7. The number of methoxy groups -OCH3 is 1. The number of aromatic amines is 2. The summed E-state index contributed by atoms with van der Waals surface area (Å²) < 4.78 is 5.26. The highest BCUT2D eigenvalue weighted by molar-refractivity contribution is 5.80. The van der Waals surface area contributed by atoms with E-state index in [9.17, 15) is 9.90 Å². The van der Waals surface area contributed by atoms with Crippen molar-refractivity contribution in [3.8, 4) is 5.75 Å². The Morgan fingerprint density at radius 1 is 1.31 bits per heavy atom. The smallest absolute Gasteiger partial charge is 0.252 e. The molecule has 3 N–H and O–H groups in total. The molecule has 1 fully saturated rings. The number of H-pyrrole nitrogens is 2. The van der Waals surface area contributed by atoms with E-state index in [2.05, 4.69) is 19.9 Å². The molecule has 0 spiro atoms. The highest BCUT2D eigenvalue weighted by Gasteiger charge is 2.36. The van der Waals surface area contributed by atoms with E-state index in [1.165, 1.54) is 0 Å². The fourth-order valence-electron chi connectivity index (χ4n) is 3.55. The Kier molecular flexibility index (Phi) is 4.26. The fourth-order valence-corrected chi connectivity index (χ4v) is 3.55. The number of rotatable bonds is 4. The van der Waals surface area contributed by atoms with Gasteiger partial charge in [0.1, 0.15) is 17.2 Å².